The Kier molecular flexibility index (Phi) is 3.88. The molecule has 0 saturated carbocycles. The molecular formula is C8H12BrNO4. The molecule has 14 heavy (non-hydrogen) atoms. The van der Waals surface area contributed by atoms with Gasteiger partial charge in [0.05, 0.1) is 18.5 Å². The first-order chi connectivity index (χ1) is 6.60. The van der Waals surface area contributed by atoms with Crippen molar-refractivity contribution in [3.05, 3.63) is 0 Å². The lowest BCUT2D eigenvalue weighted by Gasteiger charge is -2.21. The molecule has 1 N–H and O–H groups in total. The van der Waals surface area contributed by atoms with E-state index in [1.807, 2.05) is 0 Å². The summed E-state index contributed by atoms with van der Waals surface area (Å²) in [5.74, 6) is -0.687. The van der Waals surface area contributed by atoms with E-state index >= 15 is 0 Å². The van der Waals surface area contributed by atoms with Gasteiger partial charge >= 0.3 is 5.97 Å². The van der Waals surface area contributed by atoms with Crippen LogP contribution in [0.4, 0.5) is 0 Å². The predicted molar refractivity (Wildman–Crippen MR) is 51.9 cm³/mol. The van der Waals surface area contributed by atoms with Gasteiger partial charge < -0.3 is 14.7 Å². The second kappa shape index (κ2) is 4.75. The number of carbonyl (C=O) groups is 2. The number of aliphatic hydroxyl groups is 1. The highest BCUT2D eigenvalue weighted by molar-refractivity contribution is 9.09. The number of likely N-dealkylation sites (tertiary alicyclic amines) is 1. The Hall–Kier alpha value is -0.620. The fourth-order valence-electron chi connectivity index (χ4n) is 1.53. The molecule has 2 unspecified atom stereocenters. The third kappa shape index (κ3) is 2.24. The van der Waals surface area contributed by atoms with Crippen molar-refractivity contribution in [2.24, 2.45) is 0 Å². The van der Waals surface area contributed by atoms with Crippen LogP contribution in [0.2, 0.25) is 0 Å². The number of ether oxygens (including phenoxy) is 1. The number of β-amino-alcohol motifs (C(OH)–C–C–N with tert-alkyl or cyclic N) is 1. The molecule has 0 spiro atoms. The summed E-state index contributed by atoms with van der Waals surface area (Å²) in [5, 5.41) is 9.49. The molecule has 1 amide bonds. The Morgan fingerprint density at radius 1 is 1.64 bits per heavy atom. The zero-order valence-corrected chi connectivity index (χ0v) is 9.36. The minimum atomic E-state index is -0.639. The van der Waals surface area contributed by atoms with Crippen LogP contribution in [0.1, 0.15) is 6.42 Å². The highest BCUT2D eigenvalue weighted by Gasteiger charge is 2.38. The number of carbonyl (C=O) groups excluding carboxylic acids is 2. The molecule has 0 aromatic rings. The Morgan fingerprint density at radius 3 is 2.79 bits per heavy atom. The van der Waals surface area contributed by atoms with Crippen LogP contribution in [0.5, 0.6) is 0 Å². The molecule has 0 aromatic heterocycles. The summed E-state index contributed by atoms with van der Waals surface area (Å²) in [5.41, 5.74) is 0. The van der Waals surface area contributed by atoms with Gasteiger partial charge in [-0.25, -0.2) is 4.79 Å². The summed E-state index contributed by atoms with van der Waals surface area (Å²) < 4.78 is 4.55. The molecule has 0 aromatic carbocycles. The lowest BCUT2D eigenvalue weighted by atomic mass is 10.2. The van der Waals surface area contributed by atoms with Gasteiger partial charge in [0, 0.05) is 13.0 Å². The maximum Gasteiger partial charge on any atom is 0.328 e. The van der Waals surface area contributed by atoms with Gasteiger partial charge in [-0.3, -0.25) is 4.79 Å². The standard InChI is InChI=1S/C8H12BrNO4/c1-14-8(13)6-2-5(11)4-10(6)7(12)3-9/h5-6,11H,2-4H2,1H3. The molecule has 1 saturated heterocycles. The van der Waals surface area contributed by atoms with E-state index in [0.29, 0.717) is 0 Å². The van der Waals surface area contributed by atoms with Gasteiger partial charge in [-0.2, -0.15) is 0 Å². The van der Waals surface area contributed by atoms with Gasteiger partial charge in [0.2, 0.25) is 5.91 Å². The van der Waals surface area contributed by atoms with Crippen LogP contribution >= 0.6 is 15.9 Å². The van der Waals surface area contributed by atoms with Crippen molar-refractivity contribution in [1.29, 1.82) is 0 Å². The number of rotatable bonds is 2. The summed E-state index contributed by atoms with van der Waals surface area (Å²) in [6, 6.07) is -0.639. The molecular weight excluding hydrogens is 254 g/mol. The van der Waals surface area contributed by atoms with E-state index < -0.39 is 18.1 Å². The van der Waals surface area contributed by atoms with Crippen molar-refractivity contribution >= 4 is 27.8 Å². The Morgan fingerprint density at radius 2 is 2.29 bits per heavy atom. The monoisotopic (exact) mass is 265 g/mol. The van der Waals surface area contributed by atoms with Crippen LogP contribution < -0.4 is 0 Å². The van der Waals surface area contributed by atoms with Crippen molar-refractivity contribution < 1.29 is 19.4 Å². The average molecular weight is 266 g/mol. The van der Waals surface area contributed by atoms with Crippen LogP contribution in [0.3, 0.4) is 0 Å². The van der Waals surface area contributed by atoms with Crippen LogP contribution in [0.25, 0.3) is 0 Å². The normalized spacial score (nSPS) is 26.4. The van der Waals surface area contributed by atoms with E-state index in [-0.39, 0.29) is 24.2 Å². The van der Waals surface area contributed by atoms with E-state index in [4.69, 9.17) is 0 Å². The quantitative estimate of drug-likeness (QED) is 0.541. The van der Waals surface area contributed by atoms with Gasteiger partial charge in [0.1, 0.15) is 6.04 Å². The maximum atomic E-state index is 11.4. The van der Waals surface area contributed by atoms with Crippen molar-refractivity contribution in [2.45, 2.75) is 18.6 Å². The molecule has 80 valence electrons. The first-order valence-electron chi connectivity index (χ1n) is 4.21. The van der Waals surface area contributed by atoms with Gasteiger partial charge in [0.25, 0.3) is 0 Å². The number of esters is 1. The number of hydrogen-bond donors (Lipinski definition) is 1. The lowest BCUT2D eigenvalue weighted by Crippen LogP contribution is -2.41. The summed E-state index contributed by atoms with van der Waals surface area (Å²) in [6.07, 6.45) is -0.382. The van der Waals surface area contributed by atoms with Crippen molar-refractivity contribution in [3.8, 4) is 0 Å². The molecule has 1 aliphatic rings. The molecule has 2 atom stereocenters. The first kappa shape index (κ1) is 11.5. The van der Waals surface area contributed by atoms with Gasteiger partial charge in [-0.15, -0.1) is 0 Å². The van der Waals surface area contributed by atoms with Crippen LogP contribution in [-0.4, -0.2) is 53.0 Å². The summed E-state index contributed by atoms with van der Waals surface area (Å²) in [7, 11) is 1.27. The number of nitrogens with zero attached hydrogens (tertiary/aromatic N) is 1. The van der Waals surface area contributed by atoms with E-state index in [2.05, 4.69) is 20.7 Å². The average Bonchev–Trinajstić information content (AvgIpc) is 2.58. The molecule has 1 heterocycles. The topological polar surface area (TPSA) is 66.8 Å². The highest BCUT2D eigenvalue weighted by Crippen LogP contribution is 2.19. The van der Waals surface area contributed by atoms with E-state index in [1.165, 1.54) is 12.0 Å². The molecule has 6 heteroatoms. The minimum Gasteiger partial charge on any atom is -0.467 e. The Balaban J connectivity index is 2.72. The van der Waals surface area contributed by atoms with Crippen LogP contribution in [0.15, 0.2) is 0 Å². The highest BCUT2D eigenvalue weighted by atomic mass is 79.9. The van der Waals surface area contributed by atoms with Crippen molar-refractivity contribution in [2.75, 3.05) is 19.0 Å². The van der Waals surface area contributed by atoms with E-state index in [9.17, 15) is 14.7 Å². The first-order valence-corrected chi connectivity index (χ1v) is 5.33. The third-order valence-electron chi connectivity index (χ3n) is 2.19. The van der Waals surface area contributed by atoms with Crippen molar-refractivity contribution in [3.63, 3.8) is 0 Å². The summed E-state index contributed by atoms with van der Waals surface area (Å²) >= 11 is 3.02. The number of aliphatic hydroxyl groups excluding tert-OH is 1. The molecule has 0 radical (unpaired) electrons. The number of alkyl halides is 1. The molecule has 5 nitrogen and oxygen atoms in total. The van der Waals surface area contributed by atoms with E-state index in [1.54, 1.807) is 0 Å². The fourth-order valence-corrected chi connectivity index (χ4v) is 1.85. The summed E-state index contributed by atoms with van der Waals surface area (Å²) in [4.78, 5) is 23.9. The lowest BCUT2D eigenvalue weighted by molar-refractivity contribution is -0.150. The number of methoxy groups -OCH3 is 1. The molecule has 0 aliphatic carbocycles. The second-order valence-electron chi connectivity index (χ2n) is 3.11. The molecule has 1 fully saturated rings. The zero-order chi connectivity index (χ0) is 10.7. The SMILES string of the molecule is COC(=O)C1CC(O)CN1C(=O)CBr. The summed E-state index contributed by atoms with van der Waals surface area (Å²) in [6.45, 7) is 0.199. The fraction of sp³-hybridized carbons (Fsp3) is 0.750. The number of amides is 1. The Bertz CT molecular complexity index is 221. The molecule has 1 rings (SSSR count). The molecule has 0 bridgehead atoms. The third-order valence-corrected chi connectivity index (χ3v) is 2.67. The zero-order valence-electron chi connectivity index (χ0n) is 7.77. The van der Waals surface area contributed by atoms with Gasteiger partial charge in [0.15, 0.2) is 0 Å². The van der Waals surface area contributed by atoms with Crippen molar-refractivity contribution in [1.82, 2.24) is 4.90 Å². The van der Waals surface area contributed by atoms with E-state index in [0.717, 1.165) is 0 Å². The van der Waals surface area contributed by atoms with Gasteiger partial charge in [-0.1, -0.05) is 15.9 Å². The van der Waals surface area contributed by atoms with Crippen LogP contribution in [-0.2, 0) is 14.3 Å². The maximum absolute atomic E-state index is 11.4. The molecule has 1 aliphatic heterocycles. The number of halogens is 1. The second-order valence-corrected chi connectivity index (χ2v) is 3.67. The minimum absolute atomic E-state index is 0.146. The predicted octanol–water partition coefficient (Wildman–Crippen LogP) is -0.484. The number of hydrogen-bond acceptors (Lipinski definition) is 4. The Labute approximate surface area is 90.1 Å². The smallest absolute Gasteiger partial charge is 0.328 e. The van der Waals surface area contributed by atoms with Gasteiger partial charge in [-0.05, 0) is 0 Å². The largest absolute Gasteiger partial charge is 0.467 e. The van der Waals surface area contributed by atoms with Crippen LogP contribution in [0, 0.1) is 0 Å².